The van der Waals surface area contributed by atoms with Gasteiger partial charge in [-0.3, -0.25) is 9.69 Å². The molecule has 3 heterocycles. The molecule has 1 N–H and O–H groups in total. The van der Waals surface area contributed by atoms with Gasteiger partial charge in [0.2, 0.25) is 0 Å². The number of ether oxygens (including phenoxy) is 3. The lowest BCUT2D eigenvalue weighted by molar-refractivity contribution is -0.144. The van der Waals surface area contributed by atoms with Gasteiger partial charge in [-0.25, -0.2) is 4.79 Å². The van der Waals surface area contributed by atoms with Gasteiger partial charge in [-0.05, 0) is 13.0 Å². The van der Waals surface area contributed by atoms with Crippen molar-refractivity contribution in [2.75, 3.05) is 46.1 Å². The van der Waals surface area contributed by atoms with E-state index in [0.717, 1.165) is 44.8 Å². The lowest BCUT2D eigenvalue weighted by atomic mass is 10.3. The van der Waals surface area contributed by atoms with Gasteiger partial charge in [-0.2, -0.15) is 0 Å². The highest BCUT2D eigenvalue weighted by Gasteiger charge is 2.13. The summed E-state index contributed by atoms with van der Waals surface area (Å²) in [6.45, 7) is 4.26. The minimum Gasteiger partial charge on any atom is -0.463 e. The summed E-state index contributed by atoms with van der Waals surface area (Å²) in [5, 5.41) is 0. The van der Waals surface area contributed by atoms with Crippen LogP contribution < -0.4 is 0 Å². The predicted octanol–water partition coefficient (Wildman–Crippen LogP) is 1.57. The number of rotatable bonds is 8. The molecule has 1 fully saturated rings. The summed E-state index contributed by atoms with van der Waals surface area (Å²) in [6, 6.07) is 3.31. The van der Waals surface area contributed by atoms with Gasteiger partial charge >= 0.3 is 11.9 Å². The molecule has 8 heteroatoms. The maximum absolute atomic E-state index is 11.9. The van der Waals surface area contributed by atoms with Crippen LogP contribution in [0.3, 0.4) is 0 Å². The van der Waals surface area contributed by atoms with Crippen LogP contribution in [0.4, 0.5) is 0 Å². The maximum atomic E-state index is 11.9. The average molecular weight is 350 g/mol. The fourth-order valence-corrected chi connectivity index (χ4v) is 2.67. The maximum Gasteiger partial charge on any atom is 0.355 e. The molecule has 0 aliphatic carbocycles. The van der Waals surface area contributed by atoms with Crippen molar-refractivity contribution in [1.82, 2.24) is 9.88 Å². The number of esters is 2. The standard InChI is InChI=1S/C17H22N2O6/c20-16(2-1-4-19-5-8-22-9-6-19)24-10-11-25-17(21)14-12-15-13(18-14)3-7-23-15/h3,7,12,18H,1-2,4-6,8-11H2. The monoisotopic (exact) mass is 350 g/mol. The molecular formula is C17H22N2O6. The van der Waals surface area contributed by atoms with Crippen LogP contribution in [0, 0.1) is 0 Å². The molecular weight excluding hydrogens is 328 g/mol. The molecule has 0 amide bonds. The summed E-state index contributed by atoms with van der Waals surface area (Å²) in [4.78, 5) is 28.7. The van der Waals surface area contributed by atoms with Crippen LogP contribution in [0.1, 0.15) is 23.3 Å². The first kappa shape index (κ1) is 17.5. The van der Waals surface area contributed by atoms with Crippen LogP contribution in [0.2, 0.25) is 0 Å². The van der Waals surface area contributed by atoms with Gasteiger partial charge in [-0.15, -0.1) is 0 Å². The van der Waals surface area contributed by atoms with Crippen molar-refractivity contribution in [3.63, 3.8) is 0 Å². The molecule has 1 saturated heterocycles. The topological polar surface area (TPSA) is 94.0 Å². The number of carbonyl (C=O) groups is 2. The number of H-pyrrole nitrogens is 1. The number of morpholine rings is 1. The third kappa shape index (κ3) is 5.07. The van der Waals surface area contributed by atoms with Gasteiger partial charge < -0.3 is 23.6 Å². The number of nitrogens with one attached hydrogen (secondary N) is 1. The molecule has 1 aliphatic heterocycles. The fourth-order valence-electron chi connectivity index (χ4n) is 2.67. The van der Waals surface area contributed by atoms with Crippen LogP contribution in [0.5, 0.6) is 0 Å². The Hall–Kier alpha value is -2.32. The van der Waals surface area contributed by atoms with Crippen molar-refractivity contribution in [2.24, 2.45) is 0 Å². The third-order valence-electron chi connectivity index (χ3n) is 4.00. The highest BCUT2D eigenvalue weighted by atomic mass is 16.6. The van der Waals surface area contributed by atoms with Gasteiger partial charge in [0.05, 0.1) is 25.0 Å². The van der Waals surface area contributed by atoms with Crippen molar-refractivity contribution in [3.8, 4) is 0 Å². The van der Waals surface area contributed by atoms with E-state index in [1.807, 2.05) is 0 Å². The Balaban J connectivity index is 1.26. The highest BCUT2D eigenvalue weighted by Crippen LogP contribution is 2.16. The summed E-state index contributed by atoms with van der Waals surface area (Å²) >= 11 is 0. The lowest BCUT2D eigenvalue weighted by Crippen LogP contribution is -2.37. The van der Waals surface area contributed by atoms with Gasteiger partial charge in [0.1, 0.15) is 18.9 Å². The third-order valence-corrected chi connectivity index (χ3v) is 4.00. The molecule has 0 radical (unpaired) electrons. The molecule has 3 rings (SSSR count). The van der Waals surface area contributed by atoms with E-state index in [4.69, 9.17) is 18.6 Å². The highest BCUT2D eigenvalue weighted by molar-refractivity contribution is 5.93. The van der Waals surface area contributed by atoms with Gasteiger partial charge in [0.25, 0.3) is 0 Å². The quantitative estimate of drug-likeness (QED) is 0.570. The molecule has 8 nitrogen and oxygen atoms in total. The second-order valence-electron chi connectivity index (χ2n) is 5.80. The van der Waals surface area contributed by atoms with Crippen LogP contribution in [0.15, 0.2) is 22.8 Å². The molecule has 136 valence electrons. The summed E-state index contributed by atoms with van der Waals surface area (Å²) in [6.07, 6.45) is 2.65. The Labute approximate surface area is 145 Å². The number of hydrogen-bond acceptors (Lipinski definition) is 7. The van der Waals surface area contributed by atoms with E-state index in [-0.39, 0.29) is 19.2 Å². The van der Waals surface area contributed by atoms with E-state index in [2.05, 4.69) is 9.88 Å². The Morgan fingerprint density at radius 2 is 2.00 bits per heavy atom. The summed E-state index contributed by atoms with van der Waals surface area (Å²) in [7, 11) is 0. The molecule has 25 heavy (non-hydrogen) atoms. The van der Waals surface area contributed by atoms with Crippen molar-refractivity contribution in [2.45, 2.75) is 12.8 Å². The lowest BCUT2D eigenvalue weighted by Gasteiger charge is -2.26. The largest absolute Gasteiger partial charge is 0.463 e. The zero-order valence-electron chi connectivity index (χ0n) is 14.0. The number of fused-ring (bicyclic) bond motifs is 1. The Kier molecular flexibility index (Phi) is 6.08. The molecule has 0 spiro atoms. The van der Waals surface area contributed by atoms with Crippen molar-refractivity contribution < 1.29 is 28.2 Å². The molecule has 2 aromatic heterocycles. The number of carbonyl (C=O) groups excluding carboxylic acids is 2. The smallest absolute Gasteiger partial charge is 0.355 e. The number of hydrogen-bond donors (Lipinski definition) is 1. The second kappa shape index (κ2) is 8.68. The summed E-state index contributed by atoms with van der Waals surface area (Å²) < 4.78 is 20.6. The van der Waals surface area contributed by atoms with Crippen molar-refractivity contribution in [3.05, 3.63) is 24.1 Å². The zero-order valence-corrected chi connectivity index (χ0v) is 14.0. The van der Waals surface area contributed by atoms with Gasteiger partial charge in [0.15, 0.2) is 5.58 Å². The van der Waals surface area contributed by atoms with E-state index in [1.54, 1.807) is 12.1 Å². The molecule has 0 saturated carbocycles. The molecule has 2 aromatic rings. The van der Waals surface area contributed by atoms with E-state index < -0.39 is 5.97 Å². The number of aromatic amines is 1. The minimum absolute atomic E-state index is 0.0222. The van der Waals surface area contributed by atoms with Crippen LogP contribution in [0.25, 0.3) is 11.1 Å². The normalized spacial score (nSPS) is 15.4. The summed E-state index contributed by atoms with van der Waals surface area (Å²) in [5.74, 6) is -0.781. The van der Waals surface area contributed by atoms with E-state index in [0.29, 0.717) is 17.7 Å². The first-order chi connectivity index (χ1) is 12.2. The Morgan fingerprint density at radius 1 is 1.20 bits per heavy atom. The first-order valence-electron chi connectivity index (χ1n) is 8.41. The van der Waals surface area contributed by atoms with E-state index in [9.17, 15) is 9.59 Å². The molecule has 0 aromatic carbocycles. The zero-order chi connectivity index (χ0) is 17.5. The number of aromatic nitrogens is 1. The Morgan fingerprint density at radius 3 is 2.80 bits per heavy atom. The van der Waals surface area contributed by atoms with Crippen LogP contribution in [-0.4, -0.2) is 67.9 Å². The number of nitrogens with zero attached hydrogens (tertiary/aromatic N) is 1. The Bertz CT molecular complexity index is 672. The van der Waals surface area contributed by atoms with Crippen LogP contribution in [-0.2, 0) is 19.0 Å². The molecule has 0 atom stereocenters. The average Bonchev–Trinajstić information content (AvgIpc) is 3.21. The van der Waals surface area contributed by atoms with Crippen LogP contribution >= 0.6 is 0 Å². The predicted molar refractivity (Wildman–Crippen MR) is 88.3 cm³/mol. The molecule has 1 aliphatic rings. The number of furan rings is 1. The minimum atomic E-state index is -0.505. The van der Waals surface area contributed by atoms with E-state index in [1.165, 1.54) is 6.26 Å². The summed E-state index contributed by atoms with van der Waals surface area (Å²) in [5.41, 5.74) is 1.64. The fraction of sp³-hybridized carbons (Fsp3) is 0.529. The molecule has 0 unspecified atom stereocenters. The molecule has 0 bridgehead atoms. The second-order valence-corrected chi connectivity index (χ2v) is 5.80. The van der Waals surface area contributed by atoms with Crippen molar-refractivity contribution in [1.29, 1.82) is 0 Å². The van der Waals surface area contributed by atoms with E-state index >= 15 is 0 Å². The first-order valence-corrected chi connectivity index (χ1v) is 8.41. The van der Waals surface area contributed by atoms with Crippen molar-refractivity contribution >= 4 is 23.0 Å². The SMILES string of the molecule is O=C(CCCN1CCOCC1)OCCOC(=O)c1cc2occc2[nH]1. The van der Waals surface area contributed by atoms with Gasteiger partial charge in [-0.1, -0.05) is 0 Å². The van der Waals surface area contributed by atoms with Gasteiger partial charge in [0, 0.05) is 31.6 Å².